The van der Waals surface area contributed by atoms with E-state index in [4.69, 9.17) is 10.1 Å². The highest BCUT2D eigenvalue weighted by Crippen LogP contribution is 2.44. The first kappa shape index (κ1) is 24.9. The maximum absolute atomic E-state index is 12.5. The molecule has 35 heavy (non-hydrogen) atoms. The Morgan fingerprint density at radius 2 is 1.97 bits per heavy atom. The molecule has 4 rings (SSSR count). The summed E-state index contributed by atoms with van der Waals surface area (Å²) in [5.74, 6) is -0.522. The maximum Gasteiger partial charge on any atom is 0.573 e. The summed E-state index contributed by atoms with van der Waals surface area (Å²) in [4.78, 5) is 15.9. The van der Waals surface area contributed by atoms with Crippen molar-refractivity contribution in [2.24, 2.45) is 5.41 Å². The number of carbonyl (C=O) groups is 1. The molecule has 1 aliphatic carbocycles. The number of imidazole rings is 1. The number of nitrogens with zero attached hydrogens (tertiary/aromatic N) is 2. The highest BCUT2D eigenvalue weighted by molar-refractivity contribution is 5.82. The first-order valence-corrected chi connectivity index (χ1v) is 11.8. The Bertz CT molecular complexity index is 1220. The predicted molar refractivity (Wildman–Crippen MR) is 128 cm³/mol. The number of ether oxygens (including phenoxy) is 1. The molecule has 0 saturated heterocycles. The van der Waals surface area contributed by atoms with E-state index in [-0.39, 0.29) is 23.6 Å². The van der Waals surface area contributed by atoms with Gasteiger partial charge in [0.2, 0.25) is 5.95 Å². The maximum atomic E-state index is 12.5. The molecular formula is C26H30F3N3O3. The summed E-state index contributed by atoms with van der Waals surface area (Å²) in [6.45, 7) is 6.51. The molecule has 0 unspecified atom stereocenters. The molecule has 0 aliphatic heterocycles. The van der Waals surface area contributed by atoms with Crippen LogP contribution in [-0.4, -0.2) is 27.0 Å². The van der Waals surface area contributed by atoms with Crippen molar-refractivity contribution >= 4 is 28.6 Å². The molecule has 2 aromatic carbocycles. The lowest BCUT2D eigenvalue weighted by atomic mass is 9.75. The van der Waals surface area contributed by atoms with Gasteiger partial charge < -0.3 is 19.7 Å². The van der Waals surface area contributed by atoms with Gasteiger partial charge in [-0.15, -0.1) is 13.2 Å². The Kier molecular flexibility index (Phi) is 6.71. The van der Waals surface area contributed by atoms with Gasteiger partial charge in [0, 0.05) is 18.2 Å². The third-order valence-electron chi connectivity index (χ3n) is 6.64. The van der Waals surface area contributed by atoms with Crippen molar-refractivity contribution in [3.63, 3.8) is 0 Å². The summed E-state index contributed by atoms with van der Waals surface area (Å²) < 4.78 is 43.7. The molecule has 2 N–H and O–H groups in total. The molecule has 1 atom stereocenters. The van der Waals surface area contributed by atoms with E-state index in [9.17, 15) is 18.0 Å². The van der Waals surface area contributed by atoms with Crippen LogP contribution in [0, 0.1) is 12.3 Å². The smallest absolute Gasteiger partial charge is 0.481 e. The summed E-state index contributed by atoms with van der Waals surface area (Å²) in [5, 5.41) is 12.4. The molecule has 9 heteroatoms. The van der Waals surface area contributed by atoms with E-state index in [0.717, 1.165) is 47.8 Å². The molecular weight excluding hydrogens is 459 g/mol. The molecule has 188 valence electrons. The van der Waals surface area contributed by atoms with Gasteiger partial charge in [0.25, 0.3) is 0 Å². The predicted octanol–water partition coefficient (Wildman–Crippen LogP) is 7.15. The van der Waals surface area contributed by atoms with Gasteiger partial charge in [-0.2, -0.15) is 0 Å². The van der Waals surface area contributed by atoms with Gasteiger partial charge in [0.15, 0.2) is 0 Å². The number of aliphatic carboxylic acids is 1. The van der Waals surface area contributed by atoms with E-state index in [1.54, 1.807) is 0 Å². The van der Waals surface area contributed by atoms with Crippen molar-refractivity contribution in [3.8, 4) is 5.75 Å². The lowest BCUT2D eigenvalue weighted by Gasteiger charge is -2.36. The van der Waals surface area contributed by atoms with Crippen molar-refractivity contribution < 1.29 is 27.8 Å². The lowest BCUT2D eigenvalue weighted by Crippen LogP contribution is -2.25. The minimum atomic E-state index is -4.74. The Balaban J connectivity index is 1.72. The Morgan fingerprint density at radius 3 is 2.60 bits per heavy atom. The summed E-state index contributed by atoms with van der Waals surface area (Å²) >= 11 is 0. The number of hydrogen-bond donors (Lipinski definition) is 2. The first-order chi connectivity index (χ1) is 16.4. The van der Waals surface area contributed by atoms with Crippen molar-refractivity contribution in [1.29, 1.82) is 0 Å². The molecule has 1 fully saturated rings. The molecule has 3 aromatic rings. The van der Waals surface area contributed by atoms with Gasteiger partial charge in [0.05, 0.1) is 11.0 Å². The van der Waals surface area contributed by atoms with Crippen molar-refractivity contribution in [3.05, 3.63) is 47.5 Å². The Morgan fingerprint density at radius 1 is 1.26 bits per heavy atom. The van der Waals surface area contributed by atoms with E-state index in [0.29, 0.717) is 18.1 Å². The third-order valence-corrected chi connectivity index (χ3v) is 6.64. The van der Waals surface area contributed by atoms with Gasteiger partial charge in [-0.3, -0.25) is 4.79 Å². The molecule has 6 nitrogen and oxygen atoms in total. The summed E-state index contributed by atoms with van der Waals surface area (Å²) in [6, 6.07) is 9.80. The Hall–Kier alpha value is -3.23. The SMILES string of the molecule is Cc1cc2c(cc1CCC(=O)O)nc(Nc1ccc(OC(F)(F)F)cc1)n2[C@H]1CCCC(C)(C)C1. The van der Waals surface area contributed by atoms with Crippen LogP contribution >= 0.6 is 0 Å². The van der Waals surface area contributed by atoms with Crippen LogP contribution in [0.2, 0.25) is 0 Å². The van der Waals surface area contributed by atoms with Crippen LogP contribution in [-0.2, 0) is 11.2 Å². The van der Waals surface area contributed by atoms with Gasteiger partial charge in [-0.05, 0) is 85.5 Å². The normalized spacial score (nSPS) is 17.9. The van der Waals surface area contributed by atoms with E-state index < -0.39 is 12.3 Å². The second-order valence-corrected chi connectivity index (χ2v) is 10.1. The molecule has 0 spiro atoms. The standard InChI is InChI=1S/C26H30F3N3O3/c1-16-13-22-21(14-17(16)6-11-23(33)34)31-24(32(22)19-5-4-12-25(2,3)15-19)30-18-7-9-20(10-8-18)35-26(27,28)29/h7-10,13-14,19H,4-6,11-12,15H2,1-3H3,(H,30,31)(H,33,34)/t19-/m0/s1. The number of rotatable bonds is 7. The zero-order chi connectivity index (χ0) is 25.4. The number of halogens is 3. The van der Waals surface area contributed by atoms with Gasteiger partial charge in [-0.1, -0.05) is 20.3 Å². The monoisotopic (exact) mass is 489 g/mol. The van der Waals surface area contributed by atoms with Crippen LogP contribution in [0.15, 0.2) is 36.4 Å². The number of carboxylic acid groups (broad SMARTS) is 1. The van der Waals surface area contributed by atoms with Gasteiger partial charge in [-0.25, -0.2) is 4.98 Å². The van der Waals surface area contributed by atoms with Crippen LogP contribution in [0.25, 0.3) is 11.0 Å². The lowest BCUT2D eigenvalue weighted by molar-refractivity contribution is -0.274. The van der Waals surface area contributed by atoms with Crippen LogP contribution in [0.4, 0.5) is 24.8 Å². The highest BCUT2D eigenvalue weighted by Gasteiger charge is 2.32. The molecule has 1 aromatic heterocycles. The third kappa shape index (κ3) is 6.07. The number of fused-ring (bicyclic) bond motifs is 1. The average molecular weight is 490 g/mol. The van der Waals surface area contributed by atoms with Crippen LogP contribution in [0.1, 0.15) is 63.1 Å². The first-order valence-electron chi connectivity index (χ1n) is 11.8. The second kappa shape index (κ2) is 9.43. The highest BCUT2D eigenvalue weighted by atomic mass is 19.4. The number of carboxylic acids is 1. The minimum Gasteiger partial charge on any atom is -0.481 e. The van der Waals surface area contributed by atoms with Gasteiger partial charge >= 0.3 is 12.3 Å². The zero-order valence-electron chi connectivity index (χ0n) is 20.1. The van der Waals surface area contributed by atoms with E-state index in [1.165, 1.54) is 24.3 Å². The molecule has 0 radical (unpaired) electrons. The number of aryl methyl sites for hydroxylation is 2. The van der Waals surface area contributed by atoms with Crippen LogP contribution in [0.5, 0.6) is 5.75 Å². The van der Waals surface area contributed by atoms with Crippen LogP contribution in [0.3, 0.4) is 0 Å². The number of anilines is 2. The van der Waals surface area contributed by atoms with Crippen LogP contribution < -0.4 is 10.1 Å². The number of aromatic nitrogens is 2. The van der Waals surface area contributed by atoms with Crippen molar-refractivity contribution in [2.75, 3.05) is 5.32 Å². The quantitative estimate of drug-likeness (QED) is 0.369. The molecule has 1 saturated carbocycles. The topological polar surface area (TPSA) is 76.4 Å². The van der Waals surface area contributed by atoms with E-state index in [1.807, 2.05) is 13.0 Å². The molecule has 0 amide bonds. The van der Waals surface area contributed by atoms with Gasteiger partial charge in [0.1, 0.15) is 5.75 Å². The van der Waals surface area contributed by atoms with E-state index >= 15 is 0 Å². The molecule has 1 aliphatic rings. The number of alkyl halides is 3. The summed E-state index contributed by atoms with van der Waals surface area (Å²) in [7, 11) is 0. The fourth-order valence-electron chi connectivity index (χ4n) is 5.01. The average Bonchev–Trinajstić information content (AvgIpc) is 3.08. The number of nitrogens with one attached hydrogen (secondary N) is 1. The fourth-order valence-corrected chi connectivity index (χ4v) is 5.01. The Labute approximate surface area is 202 Å². The summed E-state index contributed by atoms with van der Waals surface area (Å²) in [6.07, 6.45) is -0.0565. The largest absolute Gasteiger partial charge is 0.573 e. The zero-order valence-corrected chi connectivity index (χ0v) is 20.1. The van der Waals surface area contributed by atoms with Crippen molar-refractivity contribution in [2.45, 2.75) is 71.7 Å². The molecule has 0 bridgehead atoms. The summed E-state index contributed by atoms with van der Waals surface area (Å²) in [5.41, 5.74) is 4.45. The fraction of sp³-hybridized carbons (Fsp3) is 0.462. The minimum absolute atomic E-state index is 0.0430. The van der Waals surface area contributed by atoms with E-state index in [2.05, 4.69) is 34.5 Å². The number of benzene rings is 2. The molecule has 1 heterocycles. The number of hydrogen-bond acceptors (Lipinski definition) is 4. The van der Waals surface area contributed by atoms with Crippen molar-refractivity contribution in [1.82, 2.24) is 9.55 Å². The second-order valence-electron chi connectivity index (χ2n) is 10.1.